The number of carbonyl (C=O) groups excluding carboxylic acids is 3. The fraction of sp³-hybridized carbons (Fsp3) is 0.385. The molecule has 11 heteroatoms. The van der Waals surface area contributed by atoms with Crippen LogP contribution in [0.5, 0.6) is 0 Å². The molecule has 1 aliphatic heterocycles. The molecule has 0 saturated carbocycles. The van der Waals surface area contributed by atoms with E-state index in [1.807, 2.05) is 34.3 Å². The van der Waals surface area contributed by atoms with Crippen molar-refractivity contribution in [2.45, 2.75) is 38.3 Å². The Bertz CT molecular complexity index is 1200. The summed E-state index contributed by atoms with van der Waals surface area (Å²) in [5.41, 5.74) is 0.846. The third kappa shape index (κ3) is 7.56. The molecule has 1 saturated heterocycles. The van der Waals surface area contributed by atoms with Crippen molar-refractivity contribution in [3.05, 3.63) is 74.9 Å². The smallest absolute Gasteiger partial charge is 0.246 e. The molecule has 37 heavy (non-hydrogen) atoms. The van der Waals surface area contributed by atoms with E-state index in [2.05, 4.69) is 10.3 Å². The number of aromatic nitrogens is 2. The number of aryl methyl sites for hydroxylation is 1. The summed E-state index contributed by atoms with van der Waals surface area (Å²) in [6, 6.07) is 8.36. The molecule has 0 spiro atoms. The van der Waals surface area contributed by atoms with Crippen molar-refractivity contribution >= 4 is 52.3 Å². The number of carbonyl (C=O) groups is 3. The molecule has 2 aromatic heterocycles. The van der Waals surface area contributed by atoms with Gasteiger partial charge in [-0.2, -0.15) is 0 Å². The molecule has 1 aliphatic rings. The Kier molecular flexibility index (Phi) is 9.60. The highest BCUT2D eigenvalue weighted by Gasteiger charge is 2.40. The van der Waals surface area contributed by atoms with E-state index in [0.717, 1.165) is 23.4 Å². The molecule has 1 unspecified atom stereocenters. The molecular formula is C26H29Cl2N5O3S. The van der Waals surface area contributed by atoms with Crippen LogP contribution in [-0.4, -0.2) is 69.3 Å². The normalized spacial score (nSPS) is 15.9. The highest BCUT2D eigenvalue weighted by molar-refractivity contribution is 7.09. The lowest BCUT2D eigenvalue weighted by molar-refractivity contribution is -0.157. The lowest BCUT2D eigenvalue weighted by atomic mass is 10.0. The Labute approximate surface area is 230 Å². The molecule has 1 fully saturated rings. The Morgan fingerprint density at radius 3 is 2.73 bits per heavy atom. The van der Waals surface area contributed by atoms with Gasteiger partial charge in [0.15, 0.2) is 0 Å². The average Bonchev–Trinajstić information content (AvgIpc) is 3.58. The number of nitrogens with zero attached hydrogens (tertiary/aromatic N) is 4. The summed E-state index contributed by atoms with van der Waals surface area (Å²) < 4.78 is 1.94. The van der Waals surface area contributed by atoms with Gasteiger partial charge in [0.2, 0.25) is 17.7 Å². The molecule has 4 rings (SSSR count). The van der Waals surface area contributed by atoms with E-state index < -0.39 is 6.04 Å². The Balaban J connectivity index is 1.39. The maximum absolute atomic E-state index is 13.5. The van der Waals surface area contributed by atoms with Gasteiger partial charge in [-0.05, 0) is 48.4 Å². The standard InChI is InChI=1S/C26H29Cl2N5O3S/c27-20-5-4-19(22(28)15-20)6-11-32-17-25(35)33(12-7-21-3-1-14-37-21)23(26(32)36)16-24(34)30-8-2-10-31-13-9-29-18-31/h1,3-5,9,13-15,18,23H,2,6-8,10-12,16-17H2,(H,30,34). The minimum Gasteiger partial charge on any atom is -0.356 e. The van der Waals surface area contributed by atoms with Crippen LogP contribution in [0.2, 0.25) is 10.0 Å². The monoisotopic (exact) mass is 561 g/mol. The Morgan fingerprint density at radius 2 is 2.00 bits per heavy atom. The molecule has 1 aromatic carbocycles. The minimum absolute atomic E-state index is 0.0164. The van der Waals surface area contributed by atoms with E-state index in [0.29, 0.717) is 42.5 Å². The molecule has 1 atom stereocenters. The first-order valence-corrected chi connectivity index (χ1v) is 13.8. The van der Waals surface area contributed by atoms with E-state index in [4.69, 9.17) is 23.2 Å². The first-order valence-electron chi connectivity index (χ1n) is 12.2. The SMILES string of the molecule is O=C(CC1C(=O)N(CCc2ccc(Cl)cc2Cl)CC(=O)N1CCc1cccs1)NCCCn1ccnc1. The molecule has 0 aliphatic carbocycles. The van der Waals surface area contributed by atoms with Gasteiger partial charge in [0.1, 0.15) is 6.04 Å². The summed E-state index contributed by atoms with van der Waals surface area (Å²) in [6.07, 6.45) is 7.09. The molecule has 196 valence electrons. The largest absolute Gasteiger partial charge is 0.356 e. The zero-order valence-corrected chi connectivity index (χ0v) is 22.6. The highest BCUT2D eigenvalue weighted by atomic mass is 35.5. The lowest BCUT2D eigenvalue weighted by Crippen LogP contribution is -2.61. The van der Waals surface area contributed by atoms with Gasteiger partial charge in [0.25, 0.3) is 0 Å². The maximum Gasteiger partial charge on any atom is 0.246 e. The number of hydrogen-bond acceptors (Lipinski definition) is 5. The van der Waals surface area contributed by atoms with Crippen LogP contribution < -0.4 is 5.32 Å². The van der Waals surface area contributed by atoms with Gasteiger partial charge >= 0.3 is 0 Å². The first kappa shape index (κ1) is 27.2. The number of amides is 3. The maximum atomic E-state index is 13.5. The summed E-state index contributed by atoms with van der Waals surface area (Å²) in [5, 5.41) is 5.94. The Hall–Kier alpha value is -2.88. The number of imidazole rings is 1. The van der Waals surface area contributed by atoms with E-state index in [-0.39, 0.29) is 30.7 Å². The van der Waals surface area contributed by atoms with Gasteiger partial charge in [0.05, 0.1) is 19.3 Å². The van der Waals surface area contributed by atoms with Crippen LogP contribution in [0.4, 0.5) is 0 Å². The van der Waals surface area contributed by atoms with Crippen LogP contribution >= 0.6 is 34.5 Å². The number of benzene rings is 1. The van der Waals surface area contributed by atoms with Crippen molar-refractivity contribution in [1.82, 2.24) is 24.7 Å². The van der Waals surface area contributed by atoms with Gasteiger partial charge < -0.3 is 19.7 Å². The fourth-order valence-corrected chi connectivity index (χ4v) is 5.54. The van der Waals surface area contributed by atoms with E-state index in [1.54, 1.807) is 40.9 Å². The number of hydrogen-bond donors (Lipinski definition) is 1. The van der Waals surface area contributed by atoms with Crippen molar-refractivity contribution in [1.29, 1.82) is 0 Å². The van der Waals surface area contributed by atoms with Gasteiger partial charge in [-0.25, -0.2) is 4.98 Å². The number of nitrogens with one attached hydrogen (secondary N) is 1. The third-order valence-electron chi connectivity index (χ3n) is 6.32. The number of thiophene rings is 1. The molecule has 3 amide bonds. The van der Waals surface area contributed by atoms with Crippen LogP contribution in [-0.2, 0) is 33.8 Å². The molecule has 0 bridgehead atoms. The zero-order valence-electron chi connectivity index (χ0n) is 20.3. The minimum atomic E-state index is -0.837. The Morgan fingerprint density at radius 1 is 1.14 bits per heavy atom. The van der Waals surface area contributed by atoms with Crippen LogP contribution in [0.15, 0.2) is 54.4 Å². The van der Waals surface area contributed by atoms with Crippen molar-refractivity contribution < 1.29 is 14.4 Å². The summed E-state index contributed by atoms with van der Waals surface area (Å²) >= 11 is 13.9. The summed E-state index contributed by atoms with van der Waals surface area (Å²) in [5.74, 6) is -0.624. The van der Waals surface area contributed by atoms with Crippen molar-refractivity contribution in [3.8, 4) is 0 Å². The summed E-state index contributed by atoms with van der Waals surface area (Å²) in [6.45, 7) is 1.90. The fourth-order valence-electron chi connectivity index (χ4n) is 4.34. The molecule has 3 heterocycles. The molecule has 3 aromatic rings. The topological polar surface area (TPSA) is 87.5 Å². The second-order valence-electron chi connectivity index (χ2n) is 8.89. The van der Waals surface area contributed by atoms with Gasteiger partial charge in [-0.3, -0.25) is 14.4 Å². The lowest BCUT2D eigenvalue weighted by Gasteiger charge is -2.40. The first-order chi connectivity index (χ1) is 17.9. The highest BCUT2D eigenvalue weighted by Crippen LogP contribution is 2.23. The van der Waals surface area contributed by atoms with Crippen LogP contribution in [0.25, 0.3) is 0 Å². The van der Waals surface area contributed by atoms with Crippen LogP contribution in [0, 0.1) is 0 Å². The van der Waals surface area contributed by atoms with Gasteiger partial charge in [0, 0.05) is 53.5 Å². The van der Waals surface area contributed by atoms with Crippen molar-refractivity contribution in [3.63, 3.8) is 0 Å². The number of rotatable bonds is 12. The number of halogens is 2. The van der Waals surface area contributed by atoms with E-state index in [9.17, 15) is 14.4 Å². The predicted molar refractivity (Wildman–Crippen MR) is 145 cm³/mol. The third-order valence-corrected chi connectivity index (χ3v) is 7.84. The van der Waals surface area contributed by atoms with E-state index >= 15 is 0 Å². The summed E-state index contributed by atoms with van der Waals surface area (Å²) in [4.78, 5) is 47.7. The number of piperazine rings is 1. The average molecular weight is 563 g/mol. The molecular weight excluding hydrogens is 533 g/mol. The second-order valence-corrected chi connectivity index (χ2v) is 10.8. The molecule has 0 radical (unpaired) electrons. The zero-order chi connectivity index (χ0) is 26.2. The van der Waals surface area contributed by atoms with Crippen LogP contribution in [0.3, 0.4) is 0 Å². The second kappa shape index (κ2) is 13.1. The van der Waals surface area contributed by atoms with Crippen molar-refractivity contribution in [2.75, 3.05) is 26.2 Å². The predicted octanol–water partition coefficient (Wildman–Crippen LogP) is 3.67. The summed E-state index contributed by atoms with van der Waals surface area (Å²) in [7, 11) is 0. The van der Waals surface area contributed by atoms with E-state index in [1.165, 1.54) is 4.90 Å². The van der Waals surface area contributed by atoms with Gasteiger partial charge in [-0.1, -0.05) is 35.3 Å². The molecule has 1 N–H and O–H groups in total. The van der Waals surface area contributed by atoms with Gasteiger partial charge in [-0.15, -0.1) is 11.3 Å². The van der Waals surface area contributed by atoms with Crippen molar-refractivity contribution in [2.24, 2.45) is 0 Å². The quantitative estimate of drug-likeness (QED) is 0.342. The molecule has 8 nitrogen and oxygen atoms in total. The van der Waals surface area contributed by atoms with Crippen LogP contribution in [0.1, 0.15) is 23.3 Å².